The topological polar surface area (TPSA) is 35.5 Å². The molecule has 118 valence electrons. The summed E-state index contributed by atoms with van der Waals surface area (Å²) in [5.41, 5.74) is 2.48. The van der Waals surface area contributed by atoms with E-state index < -0.39 is 0 Å². The predicted molar refractivity (Wildman–Crippen MR) is 85.9 cm³/mol. The molecule has 0 saturated heterocycles. The number of hydrogen-bond donors (Lipinski definition) is 0. The Morgan fingerprint density at radius 2 is 1.95 bits per heavy atom. The molecule has 0 heterocycles. The van der Waals surface area contributed by atoms with Crippen molar-refractivity contribution in [1.82, 2.24) is 0 Å². The number of aryl methyl sites for hydroxylation is 1. The van der Waals surface area contributed by atoms with E-state index in [1.54, 1.807) is 0 Å². The summed E-state index contributed by atoms with van der Waals surface area (Å²) in [4.78, 5) is 11.2. The molecule has 0 aliphatic heterocycles. The van der Waals surface area contributed by atoms with Crippen LogP contribution in [-0.2, 0) is 9.53 Å². The molecule has 0 aliphatic rings. The van der Waals surface area contributed by atoms with Crippen molar-refractivity contribution in [3.8, 4) is 5.75 Å². The summed E-state index contributed by atoms with van der Waals surface area (Å²) < 4.78 is 10.8. The summed E-state index contributed by atoms with van der Waals surface area (Å²) >= 11 is 0. The Morgan fingerprint density at radius 1 is 1.19 bits per heavy atom. The Balaban J connectivity index is 2.29. The van der Waals surface area contributed by atoms with Gasteiger partial charge in [0, 0.05) is 6.42 Å². The van der Waals surface area contributed by atoms with Crippen molar-refractivity contribution in [3.63, 3.8) is 0 Å². The maximum absolute atomic E-state index is 11.2. The highest BCUT2D eigenvalue weighted by molar-refractivity contribution is 5.69. The van der Waals surface area contributed by atoms with Gasteiger partial charge in [-0.2, -0.15) is 0 Å². The molecule has 0 bridgehead atoms. The van der Waals surface area contributed by atoms with Crippen LogP contribution >= 0.6 is 0 Å². The Labute approximate surface area is 128 Å². The lowest BCUT2D eigenvalue weighted by molar-refractivity contribution is -0.143. The molecular weight excluding hydrogens is 264 g/mol. The van der Waals surface area contributed by atoms with Crippen LogP contribution in [0.2, 0.25) is 0 Å². The molecule has 1 rings (SSSR count). The second-order valence-electron chi connectivity index (χ2n) is 5.66. The van der Waals surface area contributed by atoms with Gasteiger partial charge in [-0.05, 0) is 56.2 Å². The van der Waals surface area contributed by atoms with Crippen LogP contribution in [0.3, 0.4) is 0 Å². The predicted octanol–water partition coefficient (Wildman–Crippen LogP) is 4.62. The number of esters is 1. The zero-order valence-electron chi connectivity index (χ0n) is 13.8. The third kappa shape index (κ3) is 6.65. The van der Waals surface area contributed by atoms with Gasteiger partial charge >= 0.3 is 5.97 Å². The Morgan fingerprint density at radius 3 is 2.62 bits per heavy atom. The third-order valence-electron chi connectivity index (χ3n) is 3.38. The van der Waals surface area contributed by atoms with E-state index >= 15 is 0 Å². The summed E-state index contributed by atoms with van der Waals surface area (Å²) in [6.45, 7) is 9.43. The van der Waals surface area contributed by atoms with E-state index in [1.165, 1.54) is 11.1 Å². The number of benzene rings is 1. The normalized spacial score (nSPS) is 10.7. The van der Waals surface area contributed by atoms with Crippen molar-refractivity contribution in [2.24, 2.45) is 0 Å². The first-order chi connectivity index (χ1) is 10.0. The van der Waals surface area contributed by atoms with Crippen LogP contribution in [-0.4, -0.2) is 19.2 Å². The average molecular weight is 292 g/mol. The minimum atomic E-state index is -0.0980. The fourth-order valence-corrected chi connectivity index (χ4v) is 2.21. The van der Waals surface area contributed by atoms with Gasteiger partial charge in [0.1, 0.15) is 5.75 Å². The van der Waals surface area contributed by atoms with Gasteiger partial charge in [0.05, 0.1) is 13.2 Å². The highest BCUT2D eigenvalue weighted by Gasteiger charge is 2.08. The quantitative estimate of drug-likeness (QED) is 0.492. The molecular formula is C18H28O3. The molecule has 0 aliphatic carbocycles. The van der Waals surface area contributed by atoms with Crippen molar-refractivity contribution in [1.29, 1.82) is 0 Å². The van der Waals surface area contributed by atoms with Crippen LogP contribution in [0.5, 0.6) is 5.75 Å². The molecule has 0 spiro atoms. The van der Waals surface area contributed by atoms with E-state index in [1.807, 2.05) is 6.92 Å². The second-order valence-corrected chi connectivity index (χ2v) is 5.66. The first kappa shape index (κ1) is 17.5. The highest BCUT2D eigenvalue weighted by Crippen LogP contribution is 2.27. The molecule has 0 fully saturated rings. The van der Waals surface area contributed by atoms with Gasteiger partial charge in [-0.1, -0.05) is 26.0 Å². The lowest BCUT2D eigenvalue weighted by atomic mass is 10.0. The highest BCUT2D eigenvalue weighted by atomic mass is 16.5. The number of ether oxygens (including phenoxy) is 2. The standard InChI is InChI=1S/C18H28O3/c1-5-20-18(19)9-7-6-8-12-21-17-13-15(4)10-11-16(17)14(2)3/h10-11,13-14H,5-9,12H2,1-4H3. The largest absolute Gasteiger partial charge is 0.493 e. The van der Waals surface area contributed by atoms with Crippen LogP contribution in [0.25, 0.3) is 0 Å². The van der Waals surface area contributed by atoms with E-state index in [9.17, 15) is 4.79 Å². The summed E-state index contributed by atoms with van der Waals surface area (Å²) in [5, 5.41) is 0. The van der Waals surface area contributed by atoms with Gasteiger partial charge in [-0.3, -0.25) is 4.79 Å². The fourth-order valence-electron chi connectivity index (χ4n) is 2.21. The molecule has 0 N–H and O–H groups in total. The van der Waals surface area contributed by atoms with E-state index in [0.29, 0.717) is 25.6 Å². The lowest BCUT2D eigenvalue weighted by Gasteiger charge is -2.14. The molecule has 1 aromatic carbocycles. The molecule has 3 nitrogen and oxygen atoms in total. The molecule has 3 heteroatoms. The maximum atomic E-state index is 11.2. The van der Waals surface area contributed by atoms with Crippen molar-refractivity contribution < 1.29 is 14.3 Å². The summed E-state index contributed by atoms with van der Waals surface area (Å²) in [6.07, 6.45) is 3.33. The lowest BCUT2D eigenvalue weighted by Crippen LogP contribution is -2.04. The molecule has 0 atom stereocenters. The Bertz CT molecular complexity index is 438. The summed E-state index contributed by atoms with van der Waals surface area (Å²) in [5.74, 6) is 1.36. The zero-order valence-corrected chi connectivity index (χ0v) is 13.8. The zero-order chi connectivity index (χ0) is 15.7. The van der Waals surface area contributed by atoms with Gasteiger partial charge in [0.2, 0.25) is 0 Å². The molecule has 21 heavy (non-hydrogen) atoms. The number of hydrogen-bond acceptors (Lipinski definition) is 3. The first-order valence-corrected chi connectivity index (χ1v) is 7.93. The van der Waals surface area contributed by atoms with E-state index in [2.05, 4.69) is 39.0 Å². The molecule has 0 saturated carbocycles. The van der Waals surface area contributed by atoms with Gasteiger partial charge in [0.15, 0.2) is 0 Å². The molecule has 0 amide bonds. The molecule has 0 unspecified atom stereocenters. The third-order valence-corrected chi connectivity index (χ3v) is 3.38. The fraction of sp³-hybridized carbons (Fsp3) is 0.611. The Kier molecular flexibility index (Phi) is 7.88. The van der Waals surface area contributed by atoms with Crippen LogP contribution in [0.15, 0.2) is 18.2 Å². The summed E-state index contributed by atoms with van der Waals surface area (Å²) in [7, 11) is 0. The monoisotopic (exact) mass is 292 g/mol. The van der Waals surface area contributed by atoms with Gasteiger partial charge in [-0.25, -0.2) is 0 Å². The van der Waals surface area contributed by atoms with Crippen molar-refractivity contribution in [3.05, 3.63) is 29.3 Å². The minimum absolute atomic E-state index is 0.0980. The summed E-state index contributed by atoms with van der Waals surface area (Å²) in [6, 6.07) is 6.38. The van der Waals surface area contributed by atoms with Crippen LogP contribution in [0.1, 0.15) is 63.5 Å². The molecule has 0 aromatic heterocycles. The van der Waals surface area contributed by atoms with Crippen LogP contribution < -0.4 is 4.74 Å². The first-order valence-electron chi connectivity index (χ1n) is 7.93. The van der Waals surface area contributed by atoms with Gasteiger partial charge < -0.3 is 9.47 Å². The number of carbonyl (C=O) groups excluding carboxylic acids is 1. The van der Waals surface area contributed by atoms with E-state index in [-0.39, 0.29) is 5.97 Å². The van der Waals surface area contributed by atoms with Crippen molar-refractivity contribution >= 4 is 5.97 Å². The van der Waals surface area contributed by atoms with Crippen LogP contribution in [0, 0.1) is 6.92 Å². The van der Waals surface area contributed by atoms with E-state index in [4.69, 9.17) is 9.47 Å². The smallest absolute Gasteiger partial charge is 0.305 e. The SMILES string of the molecule is CCOC(=O)CCCCCOc1cc(C)ccc1C(C)C. The van der Waals surface area contributed by atoms with Crippen molar-refractivity contribution in [2.45, 2.75) is 59.3 Å². The van der Waals surface area contributed by atoms with Gasteiger partial charge in [-0.15, -0.1) is 0 Å². The minimum Gasteiger partial charge on any atom is -0.493 e. The molecule has 1 aromatic rings. The van der Waals surface area contributed by atoms with E-state index in [0.717, 1.165) is 25.0 Å². The number of rotatable bonds is 9. The Hall–Kier alpha value is -1.51. The maximum Gasteiger partial charge on any atom is 0.305 e. The number of carbonyl (C=O) groups is 1. The van der Waals surface area contributed by atoms with Crippen molar-refractivity contribution in [2.75, 3.05) is 13.2 Å². The number of unbranched alkanes of at least 4 members (excludes halogenated alkanes) is 2. The molecule has 0 radical (unpaired) electrons. The van der Waals surface area contributed by atoms with Crippen LogP contribution in [0.4, 0.5) is 0 Å². The average Bonchev–Trinajstić information content (AvgIpc) is 2.42. The second kappa shape index (κ2) is 9.43. The van der Waals surface area contributed by atoms with Gasteiger partial charge in [0.25, 0.3) is 0 Å².